The van der Waals surface area contributed by atoms with Crippen LogP contribution >= 0.6 is 0 Å². The molecule has 1 atom stereocenters. The van der Waals surface area contributed by atoms with E-state index >= 15 is 0 Å². The molecule has 1 aromatic rings. The molecule has 0 spiro atoms. The topological polar surface area (TPSA) is 74.5 Å². The molecule has 21 heavy (non-hydrogen) atoms. The van der Waals surface area contributed by atoms with E-state index in [-0.39, 0.29) is 12.5 Å². The van der Waals surface area contributed by atoms with Crippen molar-refractivity contribution in [3.63, 3.8) is 0 Å². The Morgan fingerprint density at radius 2 is 2.19 bits per heavy atom. The lowest BCUT2D eigenvalue weighted by Gasteiger charge is -2.19. The van der Waals surface area contributed by atoms with Gasteiger partial charge in [0.1, 0.15) is 5.75 Å². The molecule has 0 heterocycles. The number of ether oxygens (including phenoxy) is 1. The van der Waals surface area contributed by atoms with Crippen LogP contribution in [0.2, 0.25) is 0 Å². The van der Waals surface area contributed by atoms with E-state index in [9.17, 15) is 4.79 Å². The molecular weight excluding hydrogens is 266 g/mol. The number of rotatable bonds is 4. The van der Waals surface area contributed by atoms with E-state index in [4.69, 9.17) is 10.00 Å². The lowest BCUT2D eigenvalue weighted by Crippen LogP contribution is -2.28. The summed E-state index contributed by atoms with van der Waals surface area (Å²) in [6.07, 6.45) is 4.46. The normalized spacial score (nSPS) is 19.8. The molecule has 0 bridgehead atoms. The standard InChI is InChI=1S/C16H19N3O2/c1-12-4-2-3-5-15(12)18-19-16(20)11-21-14-8-6-13(10-17)7-9-14/h6-9,12H,2-5,11H2,1H3,(H,19,20). The minimum atomic E-state index is -0.273. The van der Waals surface area contributed by atoms with Crippen LogP contribution in [0, 0.1) is 17.2 Å². The number of benzene rings is 1. The Kier molecular flexibility index (Phi) is 5.33. The summed E-state index contributed by atoms with van der Waals surface area (Å²) >= 11 is 0. The first kappa shape index (κ1) is 15.0. The molecule has 0 saturated heterocycles. The van der Waals surface area contributed by atoms with E-state index in [2.05, 4.69) is 17.5 Å². The number of amides is 1. The van der Waals surface area contributed by atoms with Gasteiger partial charge in [0.05, 0.1) is 11.6 Å². The minimum absolute atomic E-state index is 0.0862. The predicted octanol–water partition coefficient (Wildman–Crippen LogP) is 2.62. The van der Waals surface area contributed by atoms with Crippen LogP contribution in [0.4, 0.5) is 0 Å². The number of hydrogen-bond acceptors (Lipinski definition) is 4. The van der Waals surface area contributed by atoms with E-state index in [1.165, 1.54) is 6.42 Å². The summed E-state index contributed by atoms with van der Waals surface area (Å²) in [6, 6.07) is 8.66. The van der Waals surface area contributed by atoms with Gasteiger partial charge in [0.15, 0.2) is 6.61 Å². The van der Waals surface area contributed by atoms with Gasteiger partial charge in [-0.3, -0.25) is 4.79 Å². The average Bonchev–Trinajstić information content (AvgIpc) is 2.52. The van der Waals surface area contributed by atoms with Crippen molar-refractivity contribution in [2.75, 3.05) is 6.61 Å². The van der Waals surface area contributed by atoms with Gasteiger partial charge >= 0.3 is 0 Å². The molecule has 1 aliphatic carbocycles. The molecule has 1 saturated carbocycles. The minimum Gasteiger partial charge on any atom is -0.484 e. The van der Waals surface area contributed by atoms with Crippen molar-refractivity contribution in [2.24, 2.45) is 11.0 Å². The lowest BCUT2D eigenvalue weighted by atomic mass is 9.89. The molecule has 0 radical (unpaired) electrons. The Morgan fingerprint density at radius 3 is 2.86 bits per heavy atom. The van der Waals surface area contributed by atoms with Gasteiger partial charge in [-0.2, -0.15) is 10.4 Å². The summed E-state index contributed by atoms with van der Waals surface area (Å²) in [5.41, 5.74) is 4.17. The zero-order valence-corrected chi connectivity index (χ0v) is 12.1. The van der Waals surface area contributed by atoms with Crippen molar-refractivity contribution in [1.29, 1.82) is 5.26 Å². The van der Waals surface area contributed by atoms with Crippen LogP contribution in [0.3, 0.4) is 0 Å². The monoisotopic (exact) mass is 285 g/mol. The van der Waals surface area contributed by atoms with Crippen LogP contribution in [0.25, 0.3) is 0 Å². The van der Waals surface area contributed by atoms with Crippen LogP contribution in [0.1, 0.15) is 38.2 Å². The molecule has 110 valence electrons. The fourth-order valence-corrected chi connectivity index (χ4v) is 2.28. The van der Waals surface area contributed by atoms with Gasteiger partial charge in [-0.1, -0.05) is 13.3 Å². The number of nitriles is 1. The van der Waals surface area contributed by atoms with Crippen molar-refractivity contribution in [2.45, 2.75) is 32.6 Å². The maximum absolute atomic E-state index is 11.7. The number of hydrogen-bond donors (Lipinski definition) is 1. The largest absolute Gasteiger partial charge is 0.484 e. The highest BCUT2D eigenvalue weighted by Gasteiger charge is 2.16. The Bertz CT molecular complexity index is 558. The number of hydrazone groups is 1. The zero-order chi connectivity index (χ0) is 15.1. The molecule has 5 heteroatoms. The molecule has 1 aromatic carbocycles. The van der Waals surface area contributed by atoms with E-state index in [0.29, 0.717) is 17.2 Å². The average molecular weight is 285 g/mol. The second-order valence-electron chi connectivity index (χ2n) is 5.21. The maximum Gasteiger partial charge on any atom is 0.277 e. The second kappa shape index (κ2) is 7.44. The number of carbonyl (C=O) groups excluding carboxylic acids is 1. The molecule has 1 amide bonds. The quantitative estimate of drug-likeness (QED) is 0.864. The molecule has 0 aliphatic heterocycles. The Balaban J connectivity index is 1.79. The summed E-state index contributed by atoms with van der Waals surface area (Å²) in [6.45, 7) is 2.05. The summed E-state index contributed by atoms with van der Waals surface area (Å²) < 4.78 is 5.34. The summed E-state index contributed by atoms with van der Waals surface area (Å²) in [5.74, 6) is 0.728. The van der Waals surface area contributed by atoms with Gasteiger partial charge in [0.2, 0.25) is 0 Å². The van der Waals surface area contributed by atoms with Gasteiger partial charge in [-0.25, -0.2) is 5.43 Å². The smallest absolute Gasteiger partial charge is 0.277 e. The second-order valence-corrected chi connectivity index (χ2v) is 5.21. The Morgan fingerprint density at radius 1 is 1.43 bits per heavy atom. The molecule has 1 unspecified atom stereocenters. The van der Waals surface area contributed by atoms with Crippen molar-refractivity contribution < 1.29 is 9.53 Å². The van der Waals surface area contributed by atoms with Gasteiger partial charge in [0, 0.05) is 5.71 Å². The fourth-order valence-electron chi connectivity index (χ4n) is 2.28. The van der Waals surface area contributed by atoms with E-state index in [0.717, 1.165) is 25.0 Å². The van der Waals surface area contributed by atoms with Crippen molar-refractivity contribution in [1.82, 2.24) is 5.43 Å². The summed E-state index contributed by atoms with van der Waals surface area (Å²) in [5, 5.41) is 12.9. The van der Waals surface area contributed by atoms with E-state index in [1.54, 1.807) is 24.3 Å². The predicted molar refractivity (Wildman–Crippen MR) is 79.9 cm³/mol. The maximum atomic E-state index is 11.7. The SMILES string of the molecule is CC1CCCCC1=NNC(=O)COc1ccc(C#N)cc1. The van der Waals surface area contributed by atoms with Crippen LogP contribution in [-0.4, -0.2) is 18.2 Å². The molecule has 1 aliphatic rings. The first-order valence-corrected chi connectivity index (χ1v) is 7.17. The number of carbonyl (C=O) groups is 1. The molecule has 5 nitrogen and oxygen atoms in total. The van der Waals surface area contributed by atoms with Crippen molar-refractivity contribution >= 4 is 11.6 Å². The Labute approximate surface area is 124 Å². The van der Waals surface area contributed by atoms with Crippen LogP contribution in [0.5, 0.6) is 5.75 Å². The van der Waals surface area contributed by atoms with Gasteiger partial charge in [-0.05, 0) is 49.4 Å². The molecule has 2 rings (SSSR count). The summed E-state index contributed by atoms with van der Waals surface area (Å²) in [4.78, 5) is 11.7. The van der Waals surface area contributed by atoms with Crippen LogP contribution < -0.4 is 10.2 Å². The van der Waals surface area contributed by atoms with Gasteiger partial charge in [-0.15, -0.1) is 0 Å². The highest BCUT2D eigenvalue weighted by atomic mass is 16.5. The number of nitrogens with zero attached hydrogens (tertiary/aromatic N) is 2. The summed E-state index contributed by atoms with van der Waals surface area (Å²) in [7, 11) is 0. The fraction of sp³-hybridized carbons (Fsp3) is 0.438. The third kappa shape index (κ3) is 4.60. The van der Waals surface area contributed by atoms with Crippen LogP contribution in [-0.2, 0) is 4.79 Å². The molecule has 0 aromatic heterocycles. The first-order chi connectivity index (χ1) is 10.2. The molecule has 1 N–H and O–H groups in total. The van der Waals surface area contributed by atoms with E-state index in [1.807, 2.05) is 6.07 Å². The zero-order valence-electron chi connectivity index (χ0n) is 12.1. The van der Waals surface area contributed by atoms with Gasteiger partial charge < -0.3 is 4.74 Å². The van der Waals surface area contributed by atoms with Crippen molar-refractivity contribution in [3.05, 3.63) is 29.8 Å². The van der Waals surface area contributed by atoms with Crippen molar-refractivity contribution in [3.8, 4) is 11.8 Å². The molecule has 1 fully saturated rings. The van der Waals surface area contributed by atoms with Crippen LogP contribution in [0.15, 0.2) is 29.4 Å². The van der Waals surface area contributed by atoms with E-state index < -0.39 is 0 Å². The first-order valence-electron chi connectivity index (χ1n) is 7.17. The highest BCUT2D eigenvalue weighted by Crippen LogP contribution is 2.20. The third-order valence-electron chi connectivity index (χ3n) is 3.57. The number of nitrogens with one attached hydrogen (secondary N) is 1. The Hall–Kier alpha value is -2.35. The van der Waals surface area contributed by atoms with Gasteiger partial charge in [0.25, 0.3) is 5.91 Å². The lowest BCUT2D eigenvalue weighted by molar-refractivity contribution is -0.123. The third-order valence-corrected chi connectivity index (χ3v) is 3.57. The molecular formula is C16H19N3O2. The highest BCUT2D eigenvalue weighted by molar-refractivity contribution is 5.88.